The molecule has 1 N–H and O–H groups in total. The molecule has 0 radical (unpaired) electrons. The van der Waals surface area contributed by atoms with Gasteiger partial charge in [0.2, 0.25) is 0 Å². The molecule has 2 rings (SSSR count). The van der Waals surface area contributed by atoms with Crippen LogP contribution in [0.5, 0.6) is 0 Å². The van der Waals surface area contributed by atoms with Crippen LogP contribution >= 0.6 is 15.9 Å². The van der Waals surface area contributed by atoms with Crippen LogP contribution in [0, 0.1) is 6.92 Å². The van der Waals surface area contributed by atoms with Gasteiger partial charge in [0.25, 0.3) is 0 Å². The maximum Gasteiger partial charge on any atom is 0.134 e. The van der Waals surface area contributed by atoms with Crippen molar-refractivity contribution in [3.8, 4) is 11.3 Å². The molecule has 2 aromatic rings. The molecule has 1 heterocycles. The van der Waals surface area contributed by atoms with Gasteiger partial charge < -0.3 is 14.5 Å². The highest BCUT2D eigenvalue weighted by Gasteiger charge is 2.06. The summed E-state index contributed by atoms with van der Waals surface area (Å²) in [4.78, 5) is 0. The number of nitrogens with one attached hydrogen (secondary N) is 1. The zero-order valence-electron chi connectivity index (χ0n) is 11.9. The third-order valence-electron chi connectivity index (χ3n) is 3.11. The van der Waals surface area contributed by atoms with Gasteiger partial charge in [0.05, 0.1) is 6.54 Å². The van der Waals surface area contributed by atoms with Gasteiger partial charge >= 0.3 is 0 Å². The number of halogens is 1. The average molecular weight is 338 g/mol. The molecule has 0 atom stereocenters. The summed E-state index contributed by atoms with van der Waals surface area (Å²) in [6.45, 7) is 4.55. The van der Waals surface area contributed by atoms with Gasteiger partial charge in [-0.1, -0.05) is 22.0 Å². The molecule has 0 amide bonds. The molecule has 0 aliphatic carbocycles. The first-order valence-corrected chi connectivity index (χ1v) is 7.55. The van der Waals surface area contributed by atoms with Crippen LogP contribution in [0.25, 0.3) is 11.3 Å². The number of ether oxygens (including phenoxy) is 1. The highest BCUT2D eigenvalue weighted by molar-refractivity contribution is 9.10. The summed E-state index contributed by atoms with van der Waals surface area (Å²) in [6.07, 6.45) is 1.01. The molecule has 0 aliphatic rings. The lowest BCUT2D eigenvalue weighted by Gasteiger charge is -2.03. The van der Waals surface area contributed by atoms with E-state index in [0.717, 1.165) is 47.7 Å². The van der Waals surface area contributed by atoms with Crippen LogP contribution in [0.4, 0.5) is 0 Å². The monoisotopic (exact) mass is 337 g/mol. The van der Waals surface area contributed by atoms with E-state index in [-0.39, 0.29) is 0 Å². The molecule has 20 heavy (non-hydrogen) atoms. The molecule has 1 aromatic heterocycles. The third-order valence-corrected chi connectivity index (χ3v) is 4.00. The van der Waals surface area contributed by atoms with E-state index in [9.17, 15) is 0 Å². The minimum absolute atomic E-state index is 0.749. The van der Waals surface area contributed by atoms with Crippen molar-refractivity contribution in [3.05, 3.63) is 46.1 Å². The fourth-order valence-electron chi connectivity index (χ4n) is 1.98. The Morgan fingerprint density at radius 2 is 2.10 bits per heavy atom. The summed E-state index contributed by atoms with van der Waals surface area (Å²) in [7, 11) is 1.72. The number of furan rings is 1. The number of hydrogen-bond donors (Lipinski definition) is 1. The Labute approximate surface area is 128 Å². The first-order valence-electron chi connectivity index (χ1n) is 6.75. The van der Waals surface area contributed by atoms with Crippen LogP contribution in [0.15, 0.2) is 39.2 Å². The van der Waals surface area contributed by atoms with Gasteiger partial charge in [-0.2, -0.15) is 0 Å². The van der Waals surface area contributed by atoms with Gasteiger partial charge in [-0.25, -0.2) is 0 Å². The standard InChI is InChI=1S/C16H20BrNO2/c1-12-10-13(4-6-15(12)17)16-7-5-14(20-16)11-18-8-3-9-19-2/h4-7,10,18H,3,8-9,11H2,1-2H3. The second kappa shape index (κ2) is 7.62. The average Bonchev–Trinajstić information content (AvgIpc) is 2.90. The number of hydrogen-bond acceptors (Lipinski definition) is 3. The Balaban J connectivity index is 1.93. The van der Waals surface area contributed by atoms with Crippen LogP contribution in [0.3, 0.4) is 0 Å². The molecule has 0 aliphatic heterocycles. The molecule has 0 saturated carbocycles. The van der Waals surface area contributed by atoms with Crippen molar-refractivity contribution in [1.82, 2.24) is 5.32 Å². The molecule has 4 heteroatoms. The van der Waals surface area contributed by atoms with Crippen molar-refractivity contribution in [2.75, 3.05) is 20.3 Å². The third kappa shape index (κ3) is 4.20. The number of methoxy groups -OCH3 is 1. The van der Waals surface area contributed by atoms with E-state index in [1.165, 1.54) is 5.56 Å². The van der Waals surface area contributed by atoms with Crippen molar-refractivity contribution in [3.63, 3.8) is 0 Å². The maximum absolute atomic E-state index is 5.86. The molecule has 0 saturated heterocycles. The van der Waals surface area contributed by atoms with E-state index < -0.39 is 0 Å². The lowest BCUT2D eigenvalue weighted by Crippen LogP contribution is -2.15. The first-order chi connectivity index (χ1) is 9.70. The van der Waals surface area contributed by atoms with Gasteiger partial charge in [0, 0.05) is 23.8 Å². The second-order valence-electron chi connectivity index (χ2n) is 4.75. The normalized spacial score (nSPS) is 10.9. The minimum Gasteiger partial charge on any atom is -0.460 e. The quantitative estimate of drug-likeness (QED) is 0.771. The van der Waals surface area contributed by atoms with Crippen LogP contribution in [-0.4, -0.2) is 20.3 Å². The lowest BCUT2D eigenvalue weighted by molar-refractivity contribution is 0.194. The Morgan fingerprint density at radius 3 is 2.85 bits per heavy atom. The summed E-state index contributed by atoms with van der Waals surface area (Å²) in [6, 6.07) is 10.3. The van der Waals surface area contributed by atoms with E-state index >= 15 is 0 Å². The van der Waals surface area contributed by atoms with E-state index in [0.29, 0.717) is 0 Å². The maximum atomic E-state index is 5.86. The minimum atomic E-state index is 0.749. The van der Waals surface area contributed by atoms with E-state index in [1.54, 1.807) is 7.11 Å². The summed E-state index contributed by atoms with van der Waals surface area (Å²) >= 11 is 3.51. The predicted octanol–water partition coefficient (Wildman–Crippen LogP) is 4.14. The molecular weight excluding hydrogens is 318 g/mol. The van der Waals surface area contributed by atoms with Crippen molar-refractivity contribution in [2.24, 2.45) is 0 Å². The van der Waals surface area contributed by atoms with Crippen molar-refractivity contribution in [1.29, 1.82) is 0 Å². The summed E-state index contributed by atoms with van der Waals surface area (Å²) in [5.74, 6) is 1.87. The SMILES string of the molecule is COCCCNCc1ccc(-c2ccc(Br)c(C)c2)o1. The van der Waals surface area contributed by atoms with Gasteiger partial charge in [-0.05, 0) is 49.7 Å². The van der Waals surface area contributed by atoms with Crippen LogP contribution in [0.2, 0.25) is 0 Å². The topological polar surface area (TPSA) is 34.4 Å². The Kier molecular flexibility index (Phi) is 5.83. The molecule has 0 spiro atoms. The van der Waals surface area contributed by atoms with Gasteiger partial charge in [0.1, 0.15) is 11.5 Å². The highest BCUT2D eigenvalue weighted by atomic mass is 79.9. The number of benzene rings is 1. The van der Waals surface area contributed by atoms with E-state index in [4.69, 9.17) is 9.15 Å². The molecule has 3 nitrogen and oxygen atoms in total. The van der Waals surface area contributed by atoms with Crippen LogP contribution < -0.4 is 5.32 Å². The van der Waals surface area contributed by atoms with Crippen LogP contribution in [-0.2, 0) is 11.3 Å². The lowest BCUT2D eigenvalue weighted by atomic mass is 10.1. The highest BCUT2D eigenvalue weighted by Crippen LogP contribution is 2.26. The predicted molar refractivity (Wildman–Crippen MR) is 84.8 cm³/mol. The zero-order chi connectivity index (χ0) is 14.4. The second-order valence-corrected chi connectivity index (χ2v) is 5.61. The van der Waals surface area contributed by atoms with Gasteiger partial charge in [0.15, 0.2) is 0 Å². The summed E-state index contributed by atoms with van der Waals surface area (Å²) in [5.41, 5.74) is 2.31. The van der Waals surface area contributed by atoms with Crippen LogP contribution in [0.1, 0.15) is 17.7 Å². The Hall–Kier alpha value is -1.10. The van der Waals surface area contributed by atoms with Crippen molar-refractivity contribution in [2.45, 2.75) is 19.9 Å². The van der Waals surface area contributed by atoms with E-state index in [1.807, 2.05) is 12.1 Å². The summed E-state index contributed by atoms with van der Waals surface area (Å²) in [5, 5.41) is 3.34. The molecule has 0 unspecified atom stereocenters. The fourth-order valence-corrected chi connectivity index (χ4v) is 2.23. The van der Waals surface area contributed by atoms with Gasteiger partial charge in [-0.3, -0.25) is 0 Å². The Bertz CT molecular complexity index is 551. The molecule has 0 bridgehead atoms. The molecule has 0 fully saturated rings. The van der Waals surface area contributed by atoms with Crippen molar-refractivity contribution >= 4 is 15.9 Å². The largest absolute Gasteiger partial charge is 0.460 e. The van der Waals surface area contributed by atoms with Crippen molar-refractivity contribution < 1.29 is 9.15 Å². The fraction of sp³-hybridized carbons (Fsp3) is 0.375. The van der Waals surface area contributed by atoms with E-state index in [2.05, 4.69) is 46.4 Å². The smallest absolute Gasteiger partial charge is 0.134 e. The number of rotatable bonds is 7. The molecule has 1 aromatic carbocycles. The van der Waals surface area contributed by atoms with Gasteiger partial charge in [-0.15, -0.1) is 0 Å². The Morgan fingerprint density at radius 1 is 1.25 bits per heavy atom. The molecule has 108 valence electrons. The number of aryl methyl sites for hydroxylation is 1. The summed E-state index contributed by atoms with van der Waals surface area (Å²) < 4.78 is 12.0. The molecular formula is C16H20BrNO2. The zero-order valence-corrected chi connectivity index (χ0v) is 13.5. The first kappa shape index (κ1) is 15.3.